The number of rotatable bonds is 2. The van der Waals surface area contributed by atoms with Crippen molar-refractivity contribution in [2.75, 3.05) is 13.2 Å². The van der Waals surface area contributed by atoms with E-state index in [9.17, 15) is 0 Å². The van der Waals surface area contributed by atoms with Crippen molar-refractivity contribution in [2.24, 2.45) is 5.41 Å². The average Bonchev–Trinajstić information content (AvgIpc) is 2.27. The van der Waals surface area contributed by atoms with Gasteiger partial charge in [-0.3, -0.25) is 0 Å². The molecule has 1 aliphatic rings. The molecule has 1 aliphatic heterocycles. The number of hydrogen-bond donors (Lipinski definition) is 2. The van der Waals surface area contributed by atoms with Crippen LogP contribution in [0.4, 0.5) is 0 Å². The van der Waals surface area contributed by atoms with Crippen LogP contribution in [0.15, 0.2) is 0 Å². The summed E-state index contributed by atoms with van der Waals surface area (Å²) in [6, 6.07) is 0.157. The number of aliphatic hydroxyl groups excluding tert-OH is 2. The Labute approximate surface area is 67.8 Å². The lowest BCUT2D eigenvalue weighted by molar-refractivity contribution is -0.0182. The minimum Gasteiger partial charge on any atom is -0.396 e. The van der Waals surface area contributed by atoms with Crippen LogP contribution < -0.4 is 0 Å². The Morgan fingerprint density at radius 2 is 2.27 bits per heavy atom. The van der Waals surface area contributed by atoms with Crippen molar-refractivity contribution in [3.05, 3.63) is 0 Å². The molecule has 3 atom stereocenters. The van der Waals surface area contributed by atoms with Crippen LogP contribution in [-0.4, -0.2) is 43.4 Å². The van der Waals surface area contributed by atoms with Gasteiger partial charge in [0, 0.05) is 11.4 Å². The summed E-state index contributed by atoms with van der Waals surface area (Å²) in [7, 11) is 1.96. The molecule has 4 heteroatoms. The first-order valence-electron chi connectivity index (χ1n) is 3.99. The van der Waals surface area contributed by atoms with Crippen LogP contribution in [0.1, 0.15) is 13.3 Å². The van der Waals surface area contributed by atoms with Crippen molar-refractivity contribution in [3.63, 3.8) is 0 Å². The molecule has 0 aliphatic carbocycles. The molecule has 0 amide bonds. The zero-order valence-corrected chi connectivity index (χ0v) is 7.08. The van der Waals surface area contributed by atoms with Crippen LogP contribution in [0.5, 0.6) is 0 Å². The molecule has 0 bridgehead atoms. The Hall–Kier alpha value is -0.0551. The molecular formula is C7H15BO3. The van der Waals surface area contributed by atoms with E-state index < -0.39 is 0 Å². The maximum atomic E-state index is 9.05. The van der Waals surface area contributed by atoms with E-state index in [-0.39, 0.29) is 30.7 Å². The Morgan fingerprint density at radius 1 is 1.64 bits per heavy atom. The minimum atomic E-state index is -0.242. The van der Waals surface area contributed by atoms with E-state index in [2.05, 4.69) is 0 Å². The average molecular weight is 158 g/mol. The van der Waals surface area contributed by atoms with Crippen molar-refractivity contribution in [1.29, 1.82) is 0 Å². The molecule has 2 N–H and O–H groups in total. The maximum absolute atomic E-state index is 9.05. The van der Waals surface area contributed by atoms with E-state index in [0.29, 0.717) is 0 Å². The highest BCUT2D eigenvalue weighted by molar-refractivity contribution is 6.11. The molecule has 0 aromatic heterocycles. The highest BCUT2D eigenvalue weighted by Gasteiger charge is 2.42. The fourth-order valence-electron chi connectivity index (χ4n) is 1.71. The fraction of sp³-hybridized carbons (Fsp3) is 1.00. The molecule has 0 saturated carbocycles. The van der Waals surface area contributed by atoms with Gasteiger partial charge >= 0.3 is 0 Å². The zero-order valence-electron chi connectivity index (χ0n) is 7.08. The second-order valence-corrected chi connectivity index (χ2v) is 3.63. The Bertz CT molecular complexity index is 142. The van der Waals surface area contributed by atoms with Crippen LogP contribution in [0.25, 0.3) is 0 Å². The van der Waals surface area contributed by atoms with E-state index in [1.54, 1.807) is 0 Å². The monoisotopic (exact) mass is 158 g/mol. The second kappa shape index (κ2) is 3.13. The van der Waals surface area contributed by atoms with Gasteiger partial charge in [-0.15, -0.1) is 0 Å². The first-order chi connectivity index (χ1) is 5.12. The molecule has 64 valence electrons. The zero-order chi connectivity index (χ0) is 8.48. The third-order valence-electron chi connectivity index (χ3n) is 2.45. The van der Waals surface area contributed by atoms with E-state index in [0.717, 1.165) is 6.42 Å². The molecule has 11 heavy (non-hydrogen) atoms. The molecule has 1 fully saturated rings. The van der Waals surface area contributed by atoms with Gasteiger partial charge in [-0.2, -0.15) is 0 Å². The van der Waals surface area contributed by atoms with E-state index in [1.807, 2.05) is 14.8 Å². The van der Waals surface area contributed by atoms with Crippen LogP contribution in [0, 0.1) is 5.41 Å². The van der Waals surface area contributed by atoms with E-state index in [4.69, 9.17) is 14.9 Å². The molecule has 1 heterocycles. The van der Waals surface area contributed by atoms with Gasteiger partial charge in [-0.25, -0.2) is 0 Å². The molecule has 0 aromatic rings. The van der Waals surface area contributed by atoms with Crippen molar-refractivity contribution in [2.45, 2.75) is 25.5 Å². The predicted molar refractivity (Wildman–Crippen MR) is 44.1 cm³/mol. The highest BCUT2D eigenvalue weighted by atomic mass is 16.5. The maximum Gasteiger partial charge on any atom is 0.139 e. The quantitative estimate of drug-likeness (QED) is 0.492. The predicted octanol–water partition coefficient (Wildman–Crippen LogP) is -1.27. The summed E-state index contributed by atoms with van der Waals surface area (Å²) in [5.41, 5.74) is -0.242. The third kappa shape index (κ3) is 1.58. The van der Waals surface area contributed by atoms with Crippen molar-refractivity contribution in [1.82, 2.24) is 0 Å². The summed E-state index contributed by atoms with van der Waals surface area (Å²) in [6.45, 7) is 2.03. The largest absolute Gasteiger partial charge is 0.396 e. The van der Waals surface area contributed by atoms with Crippen molar-refractivity contribution < 1.29 is 14.9 Å². The van der Waals surface area contributed by atoms with Crippen LogP contribution in [-0.2, 0) is 4.74 Å². The summed E-state index contributed by atoms with van der Waals surface area (Å²) in [6.07, 6.45) is 0.636. The molecule has 0 aromatic carbocycles. The fourth-order valence-corrected chi connectivity index (χ4v) is 1.71. The normalized spacial score (nSPS) is 44.6. The number of ether oxygens (including phenoxy) is 1. The van der Waals surface area contributed by atoms with Gasteiger partial charge in [0.05, 0.1) is 19.3 Å². The van der Waals surface area contributed by atoms with Crippen LogP contribution in [0.2, 0.25) is 0 Å². The third-order valence-corrected chi connectivity index (χ3v) is 2.45. The van der Waals surface area contributed by atoms with Crippen LogP contribution >= 0.6 is 0 Å². The molecule has 3 nitrogen and oxygen atoms in total. The van der Waals surface area contributed by atoms with Gasteiger partial charge in [-0.05, 0) is 6.42 Å². The van der Waals surface area contributed by atoms with Crippen molar-refractivity contribution in [3.8, 4) is 0 Å². The first kappa shape index (κ1) is 9.04. The topological polar surface area (TPSA) is 49.7 Å². The van der Waals surface area contributed by atoms with E-state index in [1.165, 1.54) is 0 Å². The van der Waals surface area contributed by atoms with Gasteiger partial charge in [0.2, 0.25) is 0 Å². The summed E-state index contributed by atoms with van der Waals surface area (Å²) >= 11 is 0. The second-order valence-electron chi connectivity index (χ2n) is 3.63. The van der Waals surface area contributed by atoms with Gasteiger partial charge in [-0.1, -0.05) is 6.92 Å². The van der Waals surface area contributed by atoms with Gasteiger partial charge < -0.3 is 14.9 Å². The molecule has 0 spiro atoms. The number of aliphatic hydroxyl groups is 2. The molecule has 1 rings (SSSR count). The molecular weight excluding hydrogens is 143 g/mol. The van der Waals surface area contributed by atoms with Gasteiger partial charge in [0.25, 0.3) is 0 Å². The summed E-state index contributed by atoms with van der Waals surface area (Å²) in [5.74, 6) is 0. The molecule has 1 unspecified atom stereocenters. The Balaban J connectivity index is 2.63. The van der Waals surface area contributed by atoms with Crippen LogP contribution in [0.3, 0.4) is 0 Å². The van der Waals surface area contributed by atoms with E-state index >= 15 is 0 Å². The van der Waals surface area contributed by atoms with Crippen molar-refractivity contribution >= 4 is 7.85 Å². The number of hydrogen-bond acceptors (Lipinski definition) is 3. The Morgan fingerprint density at radius 3 is 2.64 bits per heavy atom. The smallest absolute Gasteiger partial charge is 0.139 e. The SMILES string of the molecule is B[C@@H]1CC(C)(CO)[C@H](CO)O1. The summed E-state index contributed by atoms with van der Waals surface area (Å²) in [5, 5.41) is 18.0. The summed E-state index contributed by atoms with van der Waals surface area (Å²) in [4.78, 5) is 0. The standard InChI is InChI=1S/C7H15BO3/c1-7(4-10)2-6(8)11-5(7)3-9/h5-6,9-10H,2-4,8H2,1H3/t5-,6-,7?/m0/s1. The van der Waals surface area contributed by atoms with Gasteiger partial charge in [0.15, 0.2) is 0 Å². The highest BCUT2D eigenvalue weighted by Crippen LogP contribution is 2.36. The molecule has 0 radical (unpaired) electrons. The molecule has 1 saturated heterocycles. The minimum absolute atomic E-state index is 0.00139. The Kier molecular flexibility index (Phi) is 2.57. The summed E-state index contributed by atoms with van der Waals surface area (Å²) < 4.78 is 5.41. The lowest BCUT2D eigenvalue weighted by atomic mass is 9.79. The first-order valence-corrected chi connectivity index (χ1v) is 3.99. The van der Waals surface area contributed by atoms with Gasteiger partial charge in [0.1, 0.15) is 7.85 Å². The lowest BCUT2D eigenvalue weighted by Crippen LogP contribution is -2.34. The lowest BCUT2D eigenvalue weighted by Gasteiger charge is -2.25.